The summed E-state index contributed by atoms with van der Waals surface area (Å²) < 4.78 is 2.37. The summed E-state index contributed by atoms with van der Waals surface area (Å²) in [5.74, 6) is 0. The molecule has 11 rings (SSSR count). The number of benzene rings is 8. The topological polar surface area (TPSA) is 8.17 Å². The molecular formula is C50H33N2Pr-. The van der Waals surface area contributed by atoms with Gasteiger partial charge in [0.25, 0.3) is 0 Å². The average Bonchev–Trinajstić information content (AvgIpc) is 3.80. The molecule has 2 nitrogen and oxygen atoms in total. The second kappa shape index (κ2) is 12.4. The van der Waals surface area contributed by atoms with Gasteiger partial charge in [0, 0.05) is 69.6 Å². The number of aromatic nitrogens is 1. The number of hydrogen-bond donors (Lipinski definition) is 0. The maximum atomic E-state index is 3.30. The first-order chi connectivity index (χ1) is 25.7. The predicted octanol–water partition coefficient (Wildman–Crippen LogP) is 12.7. The molecule has 8 aromatic carbocycles. The summed E-state index contributed by atoms with van der Waals surface area (Å²) in [7, 11) is 0. The summed E-state index contributed by atoms with van der Waals surface area (Å²) in [4.78, 5) is 2.40. The molecule has 0 saturated heterocycles. The Morgan fingerprint density at radius 2 is 1.02 bits per heavy atom. The van der Waals surface area contributed by atoms with Crippen molar-refractivity contribution in [1.29, 1.82) is 0 Å². The maximum absolute atomic E-state index is 3.30. The molecule has 2 aliphatic rings. The minimum Gasteiger partial charge on any atom is -0.334 e. The third-order valence-electron chi connectivity index (χ3n) is 11.4. The summed E-state index contributed by atoms with van der Waals surface area (Å²) in [5.41, 5.74) is 18.4. The van der Waals surface area contributed by atoms with E-state index >= 15 is 0 Å². The summed E-state index contributed by atoms with van der Waals surface area (Å²) in [5, 5.41) is 2.48. The van der Waals surface area contributed by atoms with E-state index in [4.69, 9.17) is 0 Å². The van der Waals surface area contributed by atoms with Crippen LogP contribution in [-0.4, -0.2) is 4.57 Å². The summed E-state index contributed by atoms with van der Waals surface area (Å²) in [6.07, 6.45) is 0. The fourth-order valence-corrected chi connectivity index (χ4v) is 9.30. The molecule has 53 heavy (non-hydrogen) atoms. The number of fused-ring (bicyclic) bond motifs is 13. The van der Waals surface area contributed by atoms with E-state index in [9.17, 15) is 0 Å². The van der Waals surface area contributed by atoms with Crippen LogP contribution in [0.2, 0.25) is 0 Å². The van der Waals surface area contributed by atoms with Gasteiger partial charge in [-0.05, 0) is 111 Å². The van der Waals surface area contributed by atoms with Crippen LogP contribution in [0.15, 0.2) is 182 Å². The normalized spacial score (nSPS) is 13.0. The minimum absolute atomic E-state index is 0. The molecule has 1 spiro atoms. The Bertz CT molecular complexity index is 2800. The fraction of sp³-hybridized carbons (Fsp3) is 0.0400. The third-order valence-corrected chi connectivity index (χ3v) is 11.4. The zero-order valence-electron chi connectivity index (χ0n) is 29.3. The number of para-hydroxylation sites is 1. The first kappa shape index (κ1) is 32.4. The monoisotopic (exact) mass is 802 g/mol. The molecule has 0 amide bonds. The summed E-state index contributed by atoms with van der Waals surface area (Å²) in [6.45, 7) is 2.16. The molecule has 0 fully saturated rings. The Kier molecular flexibility index (Phi) is 7.58. The van der Waals surface area contributed by atoms with Crippen molar-refractivity contribution in [2.75, 3.05) is 4.90 Å². The molecule has 0 saturated carbocycles. The molecule has 3 heteroatoms. The molecule has 247 valence electrons. The quantitative estimate of drug-likeness (QED) is 0.161. The zero-order chi connectivity index (χ0) is 34.4. The van der Waals surface area contributed by atoms with Gasteiger partial charge in [0.2, 0.25) is 0 Å². The van der Waals surface area contributed by atoms with Gasteiger partial charge in [-0.1, -0.05) is 120 Å². The van der Waals surface area contributed by atoms with Crippen molar-refractivity contribution in [2.45, 2.75) is 12.3 Å². The molecule has 1 heterocycles. The SMILES string of the molecule is Cc1ccc2c(c1)c1c[c-]ccc1n2-c1ccc(N(c2ccccc2)c2ccc3c(c2)C2(c4ccccc4-c4ccccc42)c2ccccc2-3)cc1.[Pr]. The maximum Gasteiger partial charge on any atom is 0.0726 e. The number of nitrogens with zero attached hydrogens (tertiary/aromatic N) is 2. The van der Waals surface area contributed by atoms with Crippen LogP contribution in [0.3, 0.4) is 0 Å². The van der Waals surface area contributed by atoms with E-state index in [-0.39, 0.29) is 41.3 Å². The Hall–Kier alpha value is -5.28. The van der Waals surface area contributed by atoms with Crippen molar-refractivity contribution >= 4 is 38.9 Å². The zero-order valence-corrected chi connectivity index (χ0v) is 33.0. The molecule has 1 aromatic heterocycles. The first-order valence-corrected chi connectivity index (χ1v) is 18.0. The van der Waals surface area contributed by atoms with Crippen molar-refractivity contribution in [3.05, 3.63) is 216 Å². The summed E-state index contributed by atoms with van der Waals surface area (Å²) >= 11 is 0. The number of anilines is 3. The second-order valence-electron chi connectivity index (χ2n) is 14.1. The van der Waals surface area contributed by atoms with Crippen LogP contribution in [0.25, 0.3) is 49.7 Å². The van der Waals surface area contributed by atoms with E-state index < -0.39 is 5.41 Å². The van der Waals surface area contributed by atoms with Gasteiger partial charge in [0.15, 0.2) is 0 Å². The Morgan fingerprint density at radius 3 is 1.68 bits per heavy atom. The molecule has 2 aliphatic carbocycles. The molecule has 0 bridgehead atoms. The average molecular weight is 803 g/mol. The van der Waals surface area contributed by atoms with Gasteiger partial charge in [0.05, 0.1) is 5.41 Å². The van der Waals surface area contributed by atoms with Gasteiger partial charge in [-0.2, -0.15) is 18.2 Å². The van der Waals surface area contributed by atoms with Gasteiger partial charge in [0.1, 0.15) is 0 Å². The number of rotatable bonds is 4. The molecule has 9 aromatic rings. The van der Waals surface area contributed by atoms with Crippen LogP contribution in [-0.2, 0) is 5.41 Å². The van der Waals surface area contributed by atoms with E-state index in [1.807, 2.05) is 6.07 Å². The van der Waals surface area contributed by atoms with Crippen molar-refractivity contribution in [2.24, 2.45) is 0 Å². The minimum atomic E-state index is -0.395. The second-order valence-corrected chi connectivity index (χ2v) is 14.1. The first-order valence-electron chi connectivity index (χ1n) is 18.0. The van der Waals surface area contributed by atoms with Crippen LogP contribution in [0.4, 0.5) is 17.1 Å². The molecule has 0 atom stereocenters. The van der Waals surface area contributed by atoms with Crippen LogP contribution >= 0.6 is 0 Å². The molecule has 0 aliphatic heterocycles. The van der Waals surface area contributed by atoms with Gasteiger partial charge in [-0.3, -0.25) is 0 Å². The van der Waals surface area contributed by atoms with Gasteiger partial charge in [-0.15, -0.1) is 11.5 Å². The molecular weight excluding hydrogens is 769 g/mol. The van der Waals surface area contributed by atoms with E-state index in [1.165, 1.54) is 71.9 Å². The van der Waals surface area contributed by atoms with Crippen molar-refractivity contribution in [1.82, 2.24) is 4.57 Å². The Morgan fingerprint density at radius 1 is 0.472 bits per heavy atom. The van der Waals surface area contributed by atoms with E-state index in [0.717, 1.165) is 22.7 Å². The molecule has 0 unspecified atom stereocenters. The van der Waals surface area contributed by atoms with E-state index in [2.05, 4.69) is 198 Å². The standard InChI is InChI=1S/C50H33N2.Pr/c1-33-23-30-49-43(31-33)42-18-8-12-22-48(42)52(49)36-26-24-35(25-27-36)51(34-13-3-2-4-14-34)37-28-29-41-40-17-7-11-21-46(40)50(47(41)32-37)44-19-9-5-15-38(44)39-16-6-10-20-45(39)50;/h2-7,9-32H,1H3;/q-1;. The van der Waals surface area contributed by atoms with Gasteiger partial charge in [-0.25, -0.2) is 0 Å². The largest absolute Gasteiger partial charge is 0.334 e. The third kappa shape index (κ3) is 4.59. The number of hydrogen-bond acceptors (Lipinski definition) is 1. The Balaban J connectivity index is 0.00000349. The summed E-state index contributed by atoms with van der Waals surface area (Å²) in [6, 6.07) is 70.3. The Labute approximate surface area is 342 Å². The smallest absolute Gasteiger partial charge is 0.0726 e. The van der Waals surface area contributed by atoms with E-state index in [1.54, 1.807) is 0 Å². The van der Waals surface area contributed by atoms with Crippen LogP contribution in [0, 0.1) is 54.3 Å². The molecule has 0 N–H and O–H groups in total. The van der Waals surface area contributed by atoms with Crippen LogP contribution in [0.5, 0.6) is 0 Å². The fourth-order valence-electron chi connectivity index (χ4n) is 9.30. The molecule has 1 radical (unpaired) electrons. The van der Waals surface area contributed by atoms with Crippen LogP contribution < -0.4 is 4.90 Å². The van der Waals surface area contributed by atoms with Gasteiger partial charge < -0.3 is 9.47 Å². The van der Waals surface area contributed by atoms with Crippen molar-refractivity contribution in [3.8, 4) is 27.9 Å². The van der Waals surface area contributed by atoms with Crippen molar-refractivity contribution in [3.63, 3.8) is 0 Å². The van der Waals surface area contributed by atoms with Crippen molar-refractivity contribution < 1.29 is 41.3 Å². The predicted molar refractivity (Wildman–Crippen MR) is 215 cm³/mol. The van der Waals surface area contributed by atoms with Gasteiger partial charge >= 0.3 is 0 Å². The number of aryl methyl sites for hydroxylation is 1. The van der Waals surface area contributed by atoms with E-state index in [0.29, 0.717) is 0 Å². The van der Waals surface area contributed by atoms with Crippen LogP contribution in [0.1, 0.15) is 27.8 Å².